The molecule has 0 aliphatic rings. The second kappa shape index (κ2) is 13.7. The summed E-state index contributed by atoms with van der Waals surface area (Å²) in [6.45, 7) is 4.86. The van der Waals surface area contributed by atoms with Crippen LogP contribution < -0.4 is 5.32 Å². The number of hydrogen-bond acceptors (Lipinski definition) is 5. The van der Waals surface area contributed by atoms with Crippen LogP contribution in [0.1, 0.15) is 52.4 Å². The zero-order valence-corrected chi connectivity index (χ0v) is 14.0. The summed E-state index contributed by atoms with van der Waals surface area (Å²) in [5.41, 5.74) is 0. The summed E-state index contributed by atoms with van der Waals surface area (Å²) in [5, 5.41) is 2.60. The molecule has 0 atom stereocenters. The Bertz CT molecular complexity index is 335. The molecular weight excluding hydrogens is 292 g/mol. The van der Waals surface area contributed by atoms with Gasteiger partial charge in [0.05, 0.1) is 13.2 Å². The van der Waals surface area contributed by atoms with Gasteiger partial charge in [-0.3, -0.25) is 5.32 Å². The first-order valence-corrected chi connectivity index (χ1v) is 8.59. The van der Waals surface area contributed by atoms with Crippen LogP contribution >= 0.6 is 11.8 Å². The predicted molar refractivity (Wildman–Crippen MR) is 85.8 cm³/mol. The lowest BCUT2D eigenvalue weighted by Gasteiger charge is -2.07. The highest BCUT2D eigenvalue weighted by molar-refractivity contribution is 8.13. The Kier molecular flexibility index (Phi) is 12.9. The van der Waals surface area contributed by atoms with Crippen LogP contribution in [-0.4, -0.2) is 36.8 Å². The van der Waals surface area contributed by atoms with Crippen LogP contribution in [-0.2, 0) is 9.47 Å². The van der Waals surface area contributed by atoms with Crippen LogP contribution in [0.15, 0.2) is 4.99 Å². The van der Waals surface area contributed by atoms with E-state index in [0.717, 1.165) is 50.3 Å². The summed E-state index contributed by atoms with van der Waals surface area (Å²) in [6.07, 6.45) is 6.21. The van der Waals surface area contributed by atoms with Gasteiger partial charge in [0, 0.05) is 0 Å². The normalized spacial score (nSPS) is 11.1. The van der Waals surface area contributed by atoms with Crippen molar-refractivity contribution in [1.29, 1.82) is 0 Å². The van der Waals surface area contributed by atoms with E-state index in [-0.39, 0.29) is 5.17 Å². The number of amidine groups is 1. The quantitative estimate of drug-likeness (QED) is 0.416. The number of alkyl carbamates (subject to hydrolysis) is 1. The molecule has 0 fully saturated rings. The van der Waals surface area contributed by atoms with Crippen molar-refractivity contribution in [3.63, 3.8) is 0 Å². The molecule has 0 saturated heterocycles. The predicted octanol–water partition coefficient (Wildman–Crippen LogP) is 3.95. The number of nitrogens with one attached hydrogen (secondary N) is 1. The molecule has 0 heterocycles. The van der Waals surface area contributed by atoms with Gasteiger partial charge in [0.2, 0.25) is 0 Å². The number of unbranched alkanes of at least 4 members (excludes halogenated alkanes) is 4. The lowest BCUT2D eigenvalue weighted by molar-refractivity contribution is 0.149. The van der Waals surface area contributed by atoms with E-state index >= 15 is 0 Å². The van der Waals surface area contributed by atoms with E-state index in [1.54, 1.807) is 6.26 Å². The third kappa shape index (κ3) is 12.2. The van der Waals surface area contributed by atoms with Crippen molar-refractivity contribution in [2.24, 2.45) is 4.99 Å². The van der Waals surface area contributed by atoms with E-state index in [9.17, 15) is 9.59 Å². The number of carbonyl (C=O) groups is 2. The number of thioether (sulfide) groups is 1. The van der Waals surface area contributed by atoms with Crippen molar-refractivity contribution < 1.29 is 19.1 Å². The van der Waals surface area contributed by atoms with Crippen molar-refractivity contribution in [2.75, 3.05) is 19.5 Å². The van der Waals surface area contributed by atoms with Gasteiger partial charge < -0.3 is 9.47 Å². The summed E-state index contributed by atoms with van der Waals surface area (Å²) < 4.78 is 9.91. The second-order valence-electron chi connectivity index (χ2n) is 4.41. The molecule has 6 nitrogen and oxygen atoms in total. The second-order valence-corrected chi connectivity index (χ2v) is 5.21. The van der Waals surface area contributed by atoms with Gasteiger partial charge in [-0.15, -0.1) is 0 Å². The van der Waals surface area contributed by atoms with Crippen molar-refractivity contribution in [3.05, 3.63) is 0 Å². The average Bonchev–Trinajstić information content (AvgIpc) is 2.47. The first kappa shape index (κ1) is 19.8. The minimum Gasteiger partial charge on any atom is -0.449 e. The van der Waals surface area contributed by atoms with Gasteiger partial charge in [-0.2, -0.15) is 4.99 Å². The third-order valence-corrected chi connectivity index (χ3v) is 3.13. The number of carbonyl (C=O) groups excluding carboxylic acids is 2. The van der Waals surface area contributed by atoms with Crippen LogP contribution in [0, 0.1) is 0 Å². The van der Waals surface area contributed by atoms with Gasteiger partial charge in [-0.25, -0.2) is 9.59 Å². The number of ether oxygens (including phenoxy) is 2. The number of hydrogen-bond donors (Lipinski definition) is 1. The van der Waals surface area contributed by atoms with Gasteiger partial charge in [0.15, 0.2) is 5.17 Å². The lowest BCUT2D eigenvalue weighted by Crippen LogP contribution is -2.30. The molecule has 0 rings (SSSR count). The Morgan fingerprint density at radius 1 is 1.00 bits per heavy atom. The molecule has 0 spiro atoms. The van der Waals surface area contributed by atoms with E-state index < -0.39 is 12.2 Å². The molecule has 0 saturated carbocycles. The van der Waals surface area contributed by atoms with E-state index in [2.05, 4.69) is 24.2 Å². The van der Waals surface area contributed by atoms with Crippen molar-refractivity contribution in [1.82, 2.24) is 5.32 Å². The molecule has 0 aliphatic carbocycles. The van der Waals surface area contributed by atoms with E-state index in [0.29, 0.717) is 13.2 Å². The molecular formula is C14H26N2O4S. The molecule has 0 bridgehead atoms. The van der Waals surface area contributed by atoms with E-state index in [4.69, 9.17) is 9.47 Å². The van der Waals surface area contributed by atoms with Crippen molar-refractivity contribution in [3.8, 4) is 0 Å². The van der Waals surface area contributed by atoms with Crippen molar-refractivity contribution in [2.45, 2.75) is 52.4 Å². The summed E-state index contributed by atoms with van der Waals surface area (Å²) in [5.74, 6) is 0. The van der Waals surface area contributed by atoms with Crippen LogP contribution in [0.2, 0.25) is 0 Å². The molecule has 0 unspecified atom stereocenters. The van der Waals surface area contributed by atoms with Gasteiger partial charge in [0.25, 0.3) is 0 Å². The largest absolute Gasteiger partial charge is 0.449 e. The van der Waals surface area contributed by atoms with Gasteiger partial charge in [0.1, 0.15) is 0 Å². The maximum absolute atomic E-state index is 11.5. The monoisotopic (exact) mass is 318 g/mol. The summed E-state index contributed by atoms with van der Waals surface area (Å²) in [4.78, 5) is 26.6. The smallest absolute Gasteiger partial charge is 0.436 e. The highest BCUT2D eigenvalue weighted by atomic mass is 32.2. The summed E-state index contributed by atoms with van der Waals surface area (Å²) in [6, 6.07) is 0. The highest BCUT2D eigenvalue weighted by Crippen LogP contribution is 2.01. The molecule has 7 heteroatoms. The molecule has 122 valence electrons. The summed E-state index contributed by atoms with van der Waals surface area (Å²) >= 11 is 1.15. The average molecular weight is 318 g/mol. The van der Waals surface area contributed by atoms with Crippen LogP contribution in [0.25, 0.3) is 0 Å². The molecule has 0 aliphatic heterocycles. The number of nitrogens with zero attached hydrogens (tertiary/aromatic N) is 1. The Labute approximate surface area is 131 Å². The summed E-state index contributed by atoms with van der Waals surface area (Å²) in [7, 11) is 0. The fourth-order valence-corrected chi connectivity index (χ4v) is 1.74. The fourth-order valence-electron chi connectivity index (χ4n) is 1.39. The van der Waals surface area contributed by atoms with Crippen molar-refractivity contribution >= 4 is 29.1 Å². The number of aliphatic imine (C=N–C) groups is 1. The van der Waals surface area contributed by atoms with Crippen LogP contribution in [0.4, 0.5) is 9.59 Å². The zero-order valence-electron chi connectivity index (χ0n) is 13.1. The Morgan fingerprint density at radius 2 is 1.57 bits per heavy atom. The van der Waals surface area contributed by atoms with E-state index in [1.165, 1.54) is 0 Å². The SMILES string of the molecule is CCCCCOC(=O)N=C(NC(=O)OCCCCC)SC. The minimum absolute atomic E-state index is 0.177. The maximum Gasteiger partial charge on any atom is 0.436 e. The first-order valence-electron chi connectivity index (χ1n) is 7.37. The molecule has 1 N–H and O–H groups in total. The number of rotatable bonds is 8. The standard InChI is InChI=1S/C14H26N2O4S/c1-4-6-8-10-19-13(17)15-12(21-3)16-14(18)20-11-9-7-5-2/h4-11H2,1-3H3,(H,15,16,17,18). The Balaban J connectivity index is 4.02. The molecule has 21 heavy (non-hydrogen) atoms. The Morgan fingerprint density at radius 3 is 2.10 bits per heavy atom. The molecule has 2 amide bonds. The van der Waals surface area contributed by atoms with Crippen LogP contribution in [0.5, 0.6) is 0 Å². The minimum atomic E-state index is -0.693. The van der Waals surface area contributed by atoms with Crippen LogP contribution in [0.3, 0.4) is 0 Å². The highest BCUT2D eigenvalue weighted by Gasteiger charge is 2.09. The topological polar surface area (TPSA) is 77.0 Å². The van der Waals surface area contributed by atoms with Gasteiger partial charge >= 0.3 is 12.2 Å². The zero-order chi connectivity index (χ0) is 15.9. The molecule has 0 aromatic rings. The lowest BCUT2D eigenvalue weighted by atomic mass is 10.3. The Hall–Kier alpha value is -1.24. The fraction of sp³-hybridized carbons (Fsp3) is 0.786. The maximum atomic E-state index is 11.5. The third-order valence-electron chi connectivity index (χ3n) is 2.55. The molecule has 0 radical (unpaired) electrons. The first-order chi connectivity index (χ1) is 10.1. The number of amides is 2. The van der Waals surface area contributed by atoms with Gasteiger partial charge in [-0.05, 0) is 19.1 Å². The molecule has 0 aromatic carbocycles. The molecule has 0 aromatic heterocycles. The van der Waals surface area contributed by atoms with E-state index in [1.807, 2.05) is 0 Å². The van der Waals surface area contributed by atoms with Gasteiger partial charge in [-0.1, -0.05) is 51.3 Å².